The van der Waals surface area contributed by atoms with Gasteiger partial charge in [0.25, 0.3) is 5.91 Å². The molecule has 0 saturated carbocycles. The fourth-order valence-electron chi connectivity index (χ4n) is 2.26. The van der Waals surface area contributed by atoms with Crippen molar-refractivity contribution in [3.05, 3.63) is 59.7 Å². The Morgan fingerprint density at radius 1 is 1.10 bits per heavy atom. The van der Waals surface area contributed by atoms with Gasteiger partial charge in [-0.3, -0.25) is 9.59 Å². The zero-order valence-corrected chi connectivity index (χ0v) is 16.8. The van der Waals surface area contributed by atoms with E-state index in [2.05, 4.69) is 10.0 Å². The van der Waals surface area contributed by atoms with Gasteiger partial charge in [-0.25, -0.2) is 8.42 Å². The van der Waals surface area contributed by atoms with Gasteiger partial charge in [-0.2, -0.15) is 17.9 Å². The summed E-state index contributed by atoms with van der Waals surface area (Å²) in [6.07, 6.45) is -5.94. The highest BCUT2D eigenvalue weighted by atomic mass is 32.2. The molecule has 0 aromatic heterocycles. The number of alkyl halides is 3. The van der Waals surface area contributed by atoms with Gasteiger partial charge in [0.05, 0.1) is 10.5 Å². The third-order valence-corrected chi connectivity index (χ3v) is 5.29. The molecule has 0 aliphatic carbocycles. The monoisotopic (exact) mass is 444 g/mol. The molecule has 30 heavy (non-hydrogen) atoms. The number of carbonyl (C=O) groups excluding carboxylic acids is 2. The number of amides is 1. The van der Waals surface area contributed by atoms with Crippen molar-refractivity contribution in [3.8, 4) is 0 Å². The van der Waals surface area contributed by atoms with Crippen LogP contribution in [0.5, 0.6) is 0 Å². The van der Waals surface area contributed by atoms with Crippen LogP contribution in [0.1, 0.15) is 18.1 Å². The number of ether oxygens (including phenoxy) is 1. The van der Waals surface area contributed by atoms with Gasteiger partial charge in [-0.15, -0.1) is 0 Å². The third kappa shape index (κ3) is 6.56. The topological polar surface area (TPSA) is 102 Å². The molecule has 0 radical (unpaired) electrons. The summed E-state index contributed by atoms with van der Waals surface area (Å²) in [5.41, 5.74) is -0.220. The van der Waals surface area contributed by atoms with Crippen LogP contribution >= 0.6 is 0 Å². The molecule has 0 fully saturated rings. The number of anilines is 1. The molecule has 7 nitrogen and oxygen atoms in total. The summed E-state index contributed by atoms with van der Waals surface area (Å²) in [6.45, 7) is 2.26. The third-order valence-electron chi connectivity index (χ3n) is 3.87. The van der Waals surface area contributed by atoms with E-state index in [9.17, 15) is 31.2 Å². The summed E-state index contributed by atoms with van der Waals surface area (Å²) < 4.78 is 69.3. The molecule has 1 amide bonds. The van der Waals surface area contributed by atoms with Crippen LogP contribution in [0.25, 0.3) is 0 Å². The van der Waals surface area contributed by atoms with Crippen LogP contribution in [-0.4, -0.2) is 32.9 Å². The highest BCUT2D eigenvalue weighted by Crippen LogP contribution is 2.30. The zero-order valence-electron chi connectivity index (χ0n) is 16.0. The van der Waals surface area contributed by atoms with E-state index in [0.29, 0.717) is 0 Å². The molecule has 0 bridgehead atoms. The predicted octanol–water partition coefficient (Wildman–Crippen LogP) is 2.86. The fraction of sp³-hybridized carbons (Fsp3) is 0.263. The largest absolute Gasteiger partial charge is 0.452 e. The lowest BCUT2D eigenvalue weighted by atomic mass is 10.2. The highest BCUT2D eigenvalue weighted by Gasteiger charge is 2.30. The van der Waals surface area contributed by atoms with Crippen LogP contribution < -0.4 is 10.0 Å². The summed E-state index contributed by atoms with van der Waals surface area (Å²) in [7, 11) is -3.95. The Kier molecular flexibility index (Phi) is 7.21. The molecule has 0 aliphatic heterocycles. The SMILES string of the molecule is Cc1ccc(S(=O)(=O)NCC(=O)O[C@@H](C)C(=O)Nc2cccc(C(F)(F)F)c2)cc1. The van der Waals surface area contributed by atoms with Gasteiger partial charge >= 0.3 is 12.1 Å². The molecule has 2 aromatic carbocycles. The summed E-state index contributed by atoms with van der Waals surface area (Å²) in [6, 6.07) is 9.87. The van der Waals surface area contributed by atoms with Crippen LogP contribution in [0.3, 0.4) is 0 Å². The summed E-state index contributed by atoms with van der Waals surface area (Å²) in [5, 5.41) is 2.21. The lowest BCUT2D eigenvalue weighted by molar-refractivity contribution is -0.151. The molecule has 0 unspecified atom stereocenters. The van der Waals surface area contributed by atoms with Crippen LogP contribution in [-0.2, 0) is 30.5 Å². The van der Waals surface area contributed by atoms with Gasteiger partial charge in [0.2, 0.25) is 10.0 Å². The Morgan fingerprint density at radius 2 is 1.73 bits per heavy atom. The van der Waals surface area contributed by atoms with Gasteiger partial charge in [0, 0.05) is 5.69 Å². The Hall–Kier alpha value is -2.92. The first-order valence-electron chi connectivity index (χ1n) is 8.62. The molecule has 0 heterocycles. The lowest BCUT2D eigenvalue weighted by Gasteiger charge is -2.15. The number of carbonyl (C=O) groups is 2. The number of sulfonamides is 1. The normalized spacial score (nSPS) is 12.8. The molecule has 162 valence electrons. The molecule has 2 rings (SSSR count). The van der Waals surface area contributed by atoms with Crippen LogP contribution in [0.4, 0.5) is 18.9 Å². The average molecular weight is 444 g/mol. The minimum absolute atomic E-state index is 0.0452. The number of nitrogens with one attached hydrogen (secondary N) is 2. The van der Waals surface area contributed by atoms with Crippen molar-refractivity contribution in [1.29, 1.82) is 0 Å². The van der Waals surface area contributed by atoms with Crippen LogP contribution in [0, 0.1) is 6.92 Å². The molecule has 0 saturated heterocycles. The number of rotatable bonds is 7. The highest BCUT2D eigenvalue weighted by molar-refractivity contribution is 7.89. The van der Waals surface area contributed by atoms with Crippen LogP contribution in [0.2, 0.25) is 0 Å². The quantitative estimate of drug-likeness (QED) is 0.640. The van der Waals surface area contributed by atoms with Gasteiger partial charge in [0.15, 0.2) is 6.10 Å². The van der Waals surface area contributed by atoms with E-state index in [1.807, 2.05) is 0 Å². The number of halogens is 3. The number of hydrogen-bond acceptors (Lipinski definition) is 5. The average Bonchev–Trinajstić information content (AvgIpc) is 2.66. The number of aryl methyl sites for hydroxylation is 1. The lowest BCUT2D eigenvalue weighted by Crippen LogP contribution is -2.35. The summed E-state index contributed by atoms with van der Waals surface area (Å²) in [5.74, 6) is -1.90. The molecule has 0 spiro atoms. The second-order valence-corrected chi connectivity index (χ2v) is 8.10. The Balaban J connectivity index is 1.91. The van der Waals surface area contributed by atoms with Crippen molar-refractivity contribution >= 4 is 27.6 Å². The number of benzene rings is 2. The van der Waals surface area contributed by atoms with E-state index in [1.165, 1.54) is 25.1 Å². The Morgan fingerprint density at radius 3 is 2.33 bits per heavy atom. The van der Waals surface area contributed by atoms with E-state index in [0.717, 1.165) is 23.8 Å². The van der Waals surface area contributed by atoms with E-state index < -0.39 is 46.3 Å². The molecule has 11 heteroatoms. The minimum atomic E-state index is -4.58. The maximum atomic E-state index is 12.7. The molecular formula is C19H19F3N2O5S. The maximum Gasteiger partial charge on any atom is 0.416 e. The van der Waals surface area contributed by atoms with Crippen molar-refractivity contribution in [1.82, 2.24) is 4.72 Å². The van der Waals surface area contributed by atoms with Gasteiger partial charge in [-0.05, 0) is 44.2 Å². The van der Waals surface area contributed by atoms with Gasteiger partial charge < -0.3 is 10.1 Å². The molecule has 0 aliphatic rings. The minimum Gasteiger partial charge on any atom is -0.452 e. The predicted molar refractivity (Wildman–Crippen MR) is 102 cm³/mol. The van der Waals surface area contributed by atoms with Crippen molar-refractivity contribution < 1.29 is 35.9 Å². The van der Waals surface area contributed by atoms with Crippen molar-refractivity contribution in [2.24, 2.45) is 0 Å². The van der Waals surface area contributed by atoms with Crippen molar-refractivity contribution in [2.75, 3.05) is 11.9 Å². The van der Waals surface area contributed by atoms with Crippen LogP contribution in [0.15, 0.2) is 53.4 Å². The van der Waals surface area contributed by atoms with Gasteiger partial charge in [0.1, 0.15) is 6.54 Å². The van der Waals surface area contributed by atoms with E-state index in [4.69, 9.17) is 4.74 Å². The maximum absolute atomic E-state index is 12.7. The van der Waals surface area contributed by atoms with Crippen molar-refractivity contribution in [3.63, 3.8) is 0 Å². The number of hydrogen-bond donors (Lipinski definition) is 2. The number of esters is 1. The standard InChI is InChI=1S/C19H19F3N2O5S/c1-12-6-8-16(9-7-12)30(27,28)23-11-17(25)29-13(2)18(26)24-15-5-3-4-14(10-15)19(20,21)22/h3-10,13,23H,11H2,1-2H3,(H,24,26)/t13-/m0/s1. The first-order valence-corrected chi connectivity index (χ1v) is 10.1. The van der Waals surface area contributed by atoms with E-state index in [-0.39, 0.29) is 10.6 Å². The second-order valence-electron chi connectivity index (χ2n) is 6.34. The van der Waals surface area contributed by atoms with E-state index in [1.54, 1.807) is 19.1 Å². The molecule has 2 aromatic rings. The fourth-order valence-corrected chi connectivity index (χ4v) is 3.23. The zero-order chi connectivity index (χ0) is 22.5. The van der Waals surface area contributed by atoms with Crippen molar-refractivity contribution in [2.45, 2.75) is 31.0 Å². The molecule has 1 atom stereocenters. The first kappa shape index (κ1) is 23.4. The second kappa shape index (κ2) is 9.26. The van der Waals surface area contributed by atoms with E-state index >= 15 is 0 Å². The first-order chi connectivity index (χ1) is 13.9. The Bertz CT molecular complexity index is 1020. The summed E-state index contributed by atoms with van der Waals surface area (Å²) in [4.78, 5) is 23.9. The Labute approximate surface area is 171 Å². The molecule has 2 N–H and O–H groups in total. The summed E-state index contributed by atoms with van der Waals surface area (Å²) >= 11 is 0. The molecular weight excluding hydrogens is 425 g/mol. The van der Waals surface area contributed by atoms with Gasteiger partial charge in [-0.1, -0.05) is 23.8 Å². The smallest absolute Gasteiger partial charge is 0.416 e.